The SMILES string of the molecule is CC(C)CC(CN)C(=O)Nc1c(Cl)ncnc1Cl. The second-order valence-electron chi connectivity index (χ2n) is 4.38. The fourth-order valence-corrected chi connectivity index (χ4v) is 1.96. The molecule has 1 aromatic heterocycles. The van der Waals surface area contributed by atoms with E-state index in [-0.39, 0.29) is 34.4 Å². The van der Waals surface area contributed by atoms with Crippen molar-refractivity contribution in [1.29, 1.82) is 0 Å². The maximum absolute atomic E-state index is 12.0. The lowest BCUT2D eigenvalue weighted by Crippen LogP contribution is -2.30. The molecule has 0 saturated carbocycles. The first-order valence-electron chi connectivity index (χ1n) is 5.62. The van der Waals surface area contributed by atoms with E-state index in [1.165, 1.54) is 6.33 Å². The summed E-state index contributed by atoms with van der Waals surface area (Å²) in [4.78, 5) is 19.5. The molecule has 0 aliphatic rings. The molecule has 7 heteroatoms. The minimum atomic E-state index is -0.280. The third-order valence-corrected chi connectivity index (χ3v) is 2.99. The molecule has 0 fully saturated rings. The van der Waals surface area contributed by atoms with Crippen molar-refractivity contribution >= 4 is 34.8 Å². The molecule has 0 radical (unpaired) electrons. The number of rotatable bonds is 5. The molecule has 100 valence electrons. The topological polar surface area (TPSA) is 80.9 Å². The first-order chi connectivity index (χ1) is 8.45. The molecular formula is C11H16Cl2N4O. The van der Waals surface area contributed by atoms with Crippen LogP contribution in [0.1, 0.15) is 20.3 Å². The molecule has 0 saturated heterocycles. The number of hydrogen-bond acceptors (Lipinski definition) is 4. The van der Waals surface area contributed by atoms with Gasteiger partial charge in [-0.3, -0.25) is 4.79 Å². The van der Waals surface area contributed by atoms with Crippen LogP contribution in [0.3, 0.4) is 0 Å². The van der Waals surface area contributed by atoms with Crippen LogP contribution in [0.4, 0.5) is 5.69 Å². The minimum absolute atomic E-state index is 0.115. The molecule has 0 aromatic carbocycles. The first-order valence-corrected chi connectivity index (χ1v) is 6.38. The van der Waals surface area contributed by atoms with Crippen molar-refractivity contribution in [3.63, 3.8) is 0 Å². The highest BCUT2D eigenvalue weighted by molar-refractivity contribution is 6.38. The van der Waals surface area contributed by atoms with Gasteiger partial charge in [0.25, 0.3) is 0 Å². The van der Waals surface area contributed by atoms with E-state index in [1.807, 2.05) is 13.8 Å². The van der Waals surface area contributed by atoms with Gasteiger partial charge in [-0.25, -0.2) is 9.97 Å². The molecule has 1 rings (SSSR count). The number of hydrogen-bond donors (Lipinski definition) is 2. The molecular weight excluding hydrogens is 275 g/mol. The second kappa shape index (κ2) is 6.87. The van der Waals surface area contributed by atoms with Gasteiger partial charge in [0.15, 0.2) is 10.3 Å². The molecule has 1 heterocycles. The van der Waals surface area contributed by atoms with Crippen LogP contribution in [0.2, 0.25) is 10.3 Å². The highest BCUT2D eigenvalue weighted by atomic mass is 35.5. The summed E-state index contributed by atoms with van der Waals surface area (Å²) in [5, 5.41) is 2.86. The minimum Gasteiger partial charge on any atom is -0.330 e. The van der Waals surface area contributed by atoms with Gasteiger partial charge in [0.1, 0.15) is 12.0 Å². The molecule has 1 atom stereocenters. The van der Waals surface area contributed by atoms with Gasteiger partial charge in [-0.15, -0.1) is 0 Å². The summed E-state index contributed by atoms with van der Waals surface area (Å²) in [6.07, 6.45) is 1.93. The van der Waals surface area contributed by atoms with E-state index in [0.717, 1.165) is 0 Å². The van der Waals surface area contributed by atoms with E-state index < -0.39 is 0 Å². The quantitative estimate of drug-likeness (QED) is 0.816. The van der Waals surface area contributed by atoms with Gasteiger partial charge in [0.05, 0.1) is 5.92 Å². The number of nitrogens with two attached hydrogens (primary N) is 1. The van der Waals surface area contributed by atoms with Crippen LogP contribution in [-0.2, 0) is 4.79 Å². The summed E-state index contributed by atoms with van der Waals surface area (Å²) >= 11 is 11.7. The zero-order valence-corrected chi connectivity index (χ0v) is 11.8. The summed E-state index contributed by atoms with van der Waals surface area (Å²) < 4.78 is 0. The van der Waals surface area contributed by atoms with E-state index in [4.69, 9.17) is 28.9 Å². The van der Waals surface area contributed by atoms with Crippen LogP contribution in [0.5, 0.6) is 0 Å². The lowest BCUT2D eigenvalue weighted by atomic mass is 9.96. The number of nitrogens with zero attached hydrogens (tertiary/aromatic N) is 2. The number of nitrogens with one attached hydrogen (secondary N) is 1. The van der Waals surface area contributed by atoms with Crippen molar-refractivity contribution in [1.82, 2.24) is 9.97 Å². The van der Waals surface area contributed by atoms with Crippen LogP contribution in [0.25, 0.3) is 0 Å². The molecule has 3 N–H and O–H groups in total. The molecule has 0 spiro atoms. The van der Waals surface area contributed by atoms with Crippen LogP contribution >= 0.6 is 23.2 Å². The third kappa shape index (κ3) is 4.08. The largest absolute Gasteiger partial charge is 0.330 e. The van der Waals surface area contributed by atoms with Crippen molar-refractivity contribution in [2.75, 3.05) is 11.9 Å². The normalized spacial score (nSPS) is 12.6. The Morgan fingerprint density at radius 1 is 1.39 bits per heavy atom. The number of halogens is 2. The lowest BCUT2D eigenvalue weighted by Gasteiger charge is -2.17. The monoisotopic (exact) mass is 290 g/mol. The summed E-state index contributed by atoms with van der Waals surface area (Å²) in [5.41, 5.74) is 5.82. The Hall–Kier alpha value is -0.910. The van der Waals surface area contributed by atoms with Crippen LogP contribution in [0, 0.1) is 11.8 Å². The Balaban J connectivity index is 2.80. The van der Waals surface area contributed by atoms with Crippen molar-refractivity contribution in [3.05, 3.63) is 16.6 Å². The maximum atomic E-state index is 12.0. The zero-order valence-electron chi connectivity index (χ0n) is 10.3. The number of aromatic nitrogens is 2. The summed E-state index contributed by atoms with van der Waals surface area (Å²) in [7, 11) is 0. The Kier molecular flexibility index (Phi) is 5.78. The predicted octanol–water partition coefficient (Wildman–Crippen LogP) is 2.34. The van der Waals surface area contributed by atoms with E-state index in [0.29, 0.717) is 12.3 Å². The van der Waals surface area contributed by atoms with Crippen molar-refractivity contribution in [2.45, 2.75) is 20.3 Å². The second-order valence-corrected chi connectivity index (χ2v) is 5.10. The highest BCUT2D eigenvalue weighted by Crippen LogP contribution is 2.26. The van der Waals surface area contributed by atoms with Gasteiger partial charge in [-0.2, -0.15) is 0 Å². The smallest absolute Gasteiger partial charge is 0.228 e. The van der Waals surface area contributed by atoms with Gasteiger partial charge >= 0.3 is 0 Å². The van der Waals surface area contributed by atoms with Crippen molar-refractivity contribution in [3.8, 4) is 0 Å². The average Bonchev–Trinajstić information content (AvgIpc) is 2.30. The molecule has 0 bridgehead atoms. The highest BCUT2D eigenvalue weighted by Gasteiger charge is 2.20. The zero-order chi connectivity index (χ0) is 13.7. The van der Waals surface area contributed by atoms with Gasteiger partial charge in [0.2, 0.25) is 5.91 Å². The number of anilines is 1. The van der Waals surface area contributed by atoms with Gasteiger partial charge in [0, 0.05) is 6.54 Å². The number of carbonyl (C=O) groups excluding carboxylic acids is 1. The molecule has 1 aromatic rings. The maximum Gasteiger partial charge on any atom is 0.228 e. The Morgan fingerprint density at radius 3 is 2.39 bits per heavy atom. The fourth-order valence-electron chi connectivity index (χ4n) is 1.55. The fraction of sp³-hybridized carbons (Fsp3) is 0.545. The molecule has 0 aliphatic carbocycles. The molecule has 1 amide bonds. The molecule has 1 unspecified atom stereocenters. The van der Waals surface area contributed by atoms with E-state index in [9.17, 15) is 4.79 Å². The molecule has 18 heavy (non-hydrogen) atoms. The van der Waals surface area contributed by atoms with Crippen molar-refractivity contribution in [2.24, 2.45) is 17.6 Å². The Labute approximate surface area is 116 Å². The van der Waals surface area contributed by atoms with E-state index in [2.05, 4.69) is 15.3 Å². The number of amides is 1. The van der Waals surface area contributed by atoms with Crippen LogP contribution in [-0.4, -0.2) is 22.4 Å². The Bertz CT molecular complexity index is 405. The standard InChI is InChI=1S/C11H16Cl2N4O/c1-6(2)3-7(4-14)11(18)17-8-9(12)15-5-16-10(8)13/h5-7H,3-4,14H2,1-2H3,(H,17,18). The van der Waals surface area contributed by atoms with E-state index in [1.54, 1.807) is 0 Å². The predicted molar refractivity (Wildman–Crippen MR) is 72.7 cm³/mol. The lowest BCUT2D eigenvalue weighted by molar-refractivity contribution is -0.120. The number of carbonyl (C=O) groups is 1. The average molecular weight is 291 g/mol. The molecule has 5 nitrogen and oxygen atoms in total. The first kappa shape index (κ1) is 15.1. The Morgan fingerprint density at radius 2 is 1.94 bits per heavy atom. The van der Waals surface area contributed by atoms with Gasteiger partial charge < -0.3 is 11.1 Å². The van der Waals surface area contributed by atoms with Crippen LogP contribution < -0.4 is 11.1 Å². The van der Waals surface area contributed by atoms with Gasteiger partial charge in [-0.1, -0.05) is 37.0 Å². The summed E-state index contributed by atoms with van der Waals surface area (Å²) in [6, 6.07) is 0. The van der Waals surface area contributed by atoms with E-state index >= 15 is 0 Å². The van der Waals surface area contributed by atoms with Gasteiger partial charge in [-0.05, 0) is 12.3 Å². The van der Waals surface area contributed by atoms with Crippen LogP contribution in [0.15, 0.2) is 6.33 Å². The third-order valence-electron chi connectivity index (χ3n) is 2.41. The molecule has 0 aliphatic heterocycles. The summed E-state index contributed by atoms with van der Waals surface area (Å²) in [5.74, 6) is -0.121. The summed E-state index contributed by atoms with van der Waals surface area (Å²) in [6.45, 7) is 4.33. The van der Waals surface area contributed by atoms with Crippen molar-refractivity contribution < 1.29 is 4.79 Å².